The molecule has 3 aromatic rings. The van der Waals surface area contributed by atoms with Gasteiger partial charge in [0.25, 0.3) is 0 Å². The van der Waals surface area contributed by atoms with Gasteiger partial charge in [-0.25, -0.2) is 9.78 Å². The van der Waals surface area contributed by atoms with Crippen molar-refractivity contribution >= 4 is 28.7 Å². The number of primary amides is 1. The number of hydrogen-bond acceptors (Lipinski definition) is 5. The molecule has 9 nitrogen and oxygen atoms in total. The third-order valence-corrected chi connectivity index (χ3v) is 7.72. The van der Waals surface area contributed by atoms with Crippen LogP contribution < -0.4 is 11.1 Å². The molecular formula is C23H31N7O2. The molecule has 0 aliphatic heterocycles. The highest BCUT2D eigenvalue weighted by atomic mass is 16.2. The standard InChI is InChI=1S/C23H31N7O2/c1-4-14(13-6-7-13)16-10-17(15(5-2)20(16)26-12(3)31)21-28-27-19-11-25-22-18(30(19)21)8-9-29(22)23(24)32/h8-9,11,13-17,20H,4-7,10H2,1-3H3,(H2,24,32)(H,26,31)/t14-,15+,16?,17-,20?/m0/s1. The fourth-order valence-corrected chi connectivity index (χ4v) is 6.31. The Balaban J connectivity index is 1.62. The van der Waals surface area contributed by atoms with Crippen molar-refractivity contribution in [2.45, 2.75) is 64.8 Å². The van der Waals surface area contributed by atoms with Gasteiger partial charge < -0.3 is 11.1 Å². The maximum atomic E-state index is 12.2. The fourth-order valence-electron chi connectivity index (χ4n) is 6.31. The van der Waals surface area contributed by atoms with E-state index in [0.29, 0.717) is 23.1 Å². The Kier molecular flexibility index (Phi) is 5.14. The van der Waals surface area contributed by atoms with Crippen LogP contribution in [0, 0.1) is 23.7 Å². The van der Waals surface area contributed by atoms with Crippen LogP contribution in [0.2, 0.25) is 0 Å². The summed E-state index contributed by atoms with van der Waals surface area (Å²) in [7, 11) is 0. The Bertz CT molecular complexity index is 1180. The van der Waals surface area contributed by atoms with Gasteiger partial charge in [-0.1, -0.05) is 26.7 Å². The molecular weight excluding hydrogens is 406 g/mol. The molecule has 2 unspecified atom stereocenters. The monoisotopic (exact) mass is 437 g/mol. The highest BCUT2D eigenvalue weighted by molar-refractivity contribution is 5.87. The summed E-state index contributed by atoms with van der Waals surface area (Å²) >= 11 is 0. The minimum atomic E-state index is -0.574. The Morgan fingerprint density at radius 1 is 1.28 bits per heavy atom. The lowest BCUT2D eigenvalue weighted by molar-refractivity contribution is -0.120. The van der Waals surface area contributed by atoms with E-state index < -0.39 is 6.03 Å². The van der Waals surface area contributed by atoms with E-state index in [4.69, 9.17) is 5.73 Å². The van der Waals surface area contributed by atoms with E-state index in [2.05, 4.69) is 34.3 Å². The van der Waals surface area contributed by atoms with Gasteiger partial charge in [-0.3, -0.25) is 13.8 Å². The number of hydrogen-bond donors (Lipinski definition) is 2. The predicted octanol–water partition coefficient (Wildman–Crippen LogP) is 3.08. The van der Waals surface area contributed by atoms with E-state index in [0.717, 1.165) is 36.5 Å². The van der Waals surface area contributed by atoms with Gasteiger partial charge in [0, 0.05) is 25.1 Å². The fraction of sp³-hybridized carbons (Fsp3) is 0.609. The van der Waals surface area contributed by atoms with Gasteiger partial charge in [0.05, 0.1) is 11.7 Å². The quantitative estimate of drug-likeness (QED) is 0.614. The Morgan fingerprint density at radius 2 is 2.06 bits per heavy atom. The number of nitrogens with zero attached hydrogens (tertiary/aromatic N) is 5. The molecule has 0 spiro atoms. The molecule has 170 valence electrons. The molecule has 32 heavy (non-hydrogen) atoms. The van der Waals surface area contributed by atoms with Crippen LogP contribution in [-0.2, 0) is 4.79 Å². The minimum absolute atomic E-state index is 0.0287. The van der Waals surface area contributed by atoms with Crippen LogP contribution in [0.4, 0.5) is 4.79 Å². The molecule has 3 heterocycles. The molecule has 2 saturated carbocycles. The second kappa shape index (κ2) is 7.86. The first-order chi connectivity index (χ1) is 15.4. The summed E-state index contributed by atoms with van der Waals surface area (Å²) in [4.78, 5) is 28.4. The van der Waals surface area contributed by atoms with Crippen LogP contribution in [0.3, 0.4) is 0 Å². The number of rotatable bonds is 6. The van der Waals surface area contributed by atoms with Gasteiger partial charge in [0.2, 0.25) is 5.91 Å². The van der Waals surface area contributed by atoms with Crippen molar-refractivity contribution in [3.63, 3.8) is 0 Å². The summed E-state index contributed by atoms with van der Waals surface area (Å²) in [5, 5.41) is 12.3. The second-order valence-electron chi connectivity index (χ2n) is 9.46. The van der Waals surface area contributed by atoms with E-state index in [1.165, 1.54) is 17.4 Å². The van der Waals surface area contributed by atoms with Gasteiger partial charge in [0.15, 0.2) is 11.3 Å². The number of nitrogens with two attached hydrogens (primary N) is 1. The molecule has 9 heteroatoms. The Hall–Kier alpha value is -2.97. The highest BCUT2D eigenvalue weighted by Gasteiger charge is 2.50. The predicted molar refractivity (Wildman–Crippen MR) is 120 cm³/mol. The summed E-state index contributed by atoms with van der Waals surface area (Å²) in [6.45, 7) is 6.08. The van der Waals surface area contributed by atoms with Crippen molar-refractivity contribution in [1.82, 2.24) is 29.5 Å². The van der Waals surface area contributed by atoms with Crippen LogP contribution >= 0.6 is 0 Å². The molecule has 0 radical (unpaired) electrons. The van der Waals surface area contributed by atoms with E-state index in [9.17, 15) is 9.59 Å². The molecule has 0 saturated heterocycles. The number of nitrogens with one attached hydrogen (secondary N) is 1. The van der Waals surface area contributed by atoms with Gasteiger partial charge in [0.1, 0.15) is 5.82 Å². The summed E-state index contributed by atoms with van der Waals surface area (Å²) in [5.74, 6) is 3.14. The summed E-state index contributed by atoms with van der Waals surface area (Å²) in [6.07, 6.45) is 8.91. The zero-order valence-corrected chi connectivity index (χ0v) is 18.9. The average Bonchev–Trinajstić information content (AvgIpc) is 3.20. The van der Waals surface area contributed by atoms with Gasteiger partial charge in [-0.15, -0.1) is 10.2 Å². The highest BCUT2D eigenvalue weighted by Crippen LogP contribution is 2.53. The van der Waals surface area contributed by atoms with E-state index in [1.54, 1.807) is 19.3 Å². The van der Waals surface area contributed by atoms with Crippen LogP contribution in [0.15, 0.2) is 18.5 Å². The van der Waals surface area contributed by atoms with Crippen molar-refractivity contribution in [1.29, 1.82) is 0 Å². The first kappa shape index (κ1) is 20.9. The topological polar surface area (TPSA) is 120 Å². The number of carbonyl (C=O) groups is 2. The normalized spacial score (nSPS) is 26.6. The molecule has 5 rings (SSSR count). The first-order valence-corrected chi connectivity index (χ1v) is 11.7. The maximum absolute atomic E-state index is 12.2. The molecule has 5 atom stereocenters. The van der Waals surface area contributed by atoms with E-state index in [1.807, 2.05) is 10.5 Å². The lowest BCUT2D eigenvalue weighted by atomic mass is 9.81. The molecule has 3 N–H and O–H groups in total. The molecule has 2 aliphatic carbocycles. The average molecular weight is 438 g/mol. The van der Waals surface area contributed by atoms with Crippen molar-refractivity contribution < 1.29 is 9.59 Å². The molecule has 3 aromatic heterocycles. The maximum Gasteiger partial charge on any atom is 0.324 e. The molecule has 2 fully saturated rings. The minimum Gasteiger partial charge on any atom is -0.353 e. The molecule has 2 amide bonds. The smallest absolute Gasteiger partial charge is 0.324 e. The number of fused-ring (bicyclic) bond motifs is 3. The largest absolute Gasteiger partial charge is 0.353 e. The molecule has 0 aromatic carbocycles. The van der Waals surface area contributed by atoms with E-state index in [-0.39, 0.29) is 23.8 Å². The molecule has 2 aliphatic rings. The van der Waals surface area contributed by atoms with Crippen molar-refractivity contribution in [3.8, 4) is 0 Å². The number of carbonyl (C=O) groups excluding carboxylic acids is 2. The zero-order chi connectivity index (χ0) is 22.6. The number of aromatic nitrogens is 5. The Labute approximate surface area is 186 Å². The van der Waals surface area contributed by atoms with Crippen molar-refractivity contribution in [2.24, 2.45) is 29.4 Å². The van der Waals surface area contributed by atoms with Crippen LogP contribution in [0.1, 0.15) is 64.6 Å². The third-order valence-electron chi connectivity index (χ3n) is 7.72. The van der Waals surface area contributed by atoms with E-state index >= 15 is 0 Å². The third kappa shape index (κ3) is 3.25. The summed E-state index contributed by atoms with van der Waals surface area (Å²) in [6, 6.07) is 1.40. The summed E-state index contributed by atoms with van der Waals surface area (Å²) < 4.78 is 3.36. The zero-order valence-electron chi connectivity index (χ0n) is 18.9. The Morgan fingerprint density at radius 3 is 2.69 bits per heavy atom. The lowest BCUT2D eigenvalue weighted by Gasteiger charge is -2.31. The van der Waals surface area contributed by atoms with Crippen molar-refractivity contribution in [2.75, 3.05) is 0 Å². The first-order valence-electron chi connectivity index (χ1n) is 11.7. The van der Waals surface area contributed by atoms with Crippen molar-refractivity contribution in [3.05, 3.63) is 24.3 Å². The lowest BCUT2D eigenvalue weighted by Crippen LogP contribution is -2.43. The summed E-state index contributed by atoms with van der Waals surface area (Å²) in [5.41, 5.74) is 7.43. The van der Waals surface area contributed by atoms with Gasteiger partial charge in [-0.2, -0.15) is 0 Å². The van der Waals surface area contributed by atoms with Crippen LogP contribution in [0.25, 0.3) is 16.8 Å². The van der Waals surface area contributed by atoms with Crippen LogP contribution in [0.5, 0.6) is 0 Å². The van der Waals surface area contributed by atoms with Gasteiger partial charge in [-0.05, 0) is 49.0 Å². The number of amides is 2. The SMILES string of the molecule is CC[C@@H](C1CC1)C1C[C@H](c2nnc3cnc4c(ccn4C(N)=O)n23)[C@@H](CC)C1NC(C)=O. The second-order valence-corrected chi connectivity index (χ2v) is 9.46. The molecule has 0 bridgehead atoms. The van der Waals surface area contributed by atoms with Crippen LogP contribution in [-0.4, -0.2) is 42.1 Å². The van der Waals surface area contributed by atoms with Gasteiger partial charge >= 0.3 is 6.03 Å².